The number of aromatic amines is 1. The molecule has 0 aliphatic carbocycles. The minimum Gasteiger partial charge on any atom is -0.383 e. The molecule has 1 aromatic heterocycles. The summed E-state index contributed by atoms with van der Waals surface area (Å²) in [4.78, 5) is 18.0. The number of nitrogens with zero attached hydrogens (tertiary/aromatic N) is 1. The van der Waals surface area contributed by atoms with Gasteiger partial charge in [0.05, 0.1) is 5.56 Å². The molecule has 0 atom stereocenters. The minimum atomic E-state index is -0.154. The Hall–Kier alpha value is -1.36. The Morgan fingerprint density at radius 2 is 2.23 bits per heavy atom. The Kier molecular flexibility index (Phi) is 3.02. The molecular weight excluding hydrogens is 168 g/mol. The van der Waals surface area contributed by atoms with Crippen LogP contribution < -0.4 is 17.0 Å². The van der Waals surface area contributed by atoms with Crippen LogP contribution in [0.3, 0.4) is 0 Å². The number of hydrogen-bond donors (Lipinski definition) is 3. The number of nitrogens with two attached hydrogens (primary N) is 2. The second-order valence-corrected chi connectivity index (χ2v) is 2.77. The van der Waals surface area contributed by atoms with Crippen LogP contribution >= 0.6 is 0 Å². The zero-order valence-corrected chi connectivity index (χ0v) is 7.63. The molecule has 0 saturated heterocycles. The molecule has 0 fully saturated rings. The third-order valence-corrected chi connectivity index (χ3v) is 1.83. The number of H-pyrrole nitrogens is 1. The lowest BCUT2D eigenvalue weighted by Gasteiger charge is -2.03. The molecule has 72 valence electrons. The fourth-order valence-corrected chi connectivity index (χ4v) is 1.16. The number of nitrogens with one attached hydrogen (secondary N) is 1. The first kappa shape index (κ1) is 9.73. The lowest BCUT2D eigenvalue weighted by atomic mass is 10.2. The third-order valence-electron chi connectivity index (χ3n) is 1.83. The molecule has 5 N–H and O–H groups in total. The van der Waals surface area contributed by atoms with E-state index in [1.807, 2.05) is 6.92 Å². The van der Waals surface area contributed by atoms with Crippen LogP contribution in [0.1, 0.15) is 18.3 Å². The van der Waals surface area contributed by atoms with Crippen molar-refractivity contribution in [2.24, 2.45) is 5.73 Å². The number of rotatable bonds is 3. The molecule has 0 bridgehead atoms. The summed E-state index contributed by atoms with van der Waals surface area (Å²) in [6.07, 6.45) is 1.14. The predicted molar refractivity (Wildman–Crippen MR) is 51.4 cm³/mol. The standard InChI is InChI=1S/C8H14N4O/c1-2-5-7(10)11-6(3-4-9)12-8(5)13/h2-4,9H2,1H3,(H3,10,11,12,13). The Bertz CT molecular complexity index is 344. The van der Waals surface area contributed by atoms with E-state index in [1.54, 1.807) is 0 Å². The summed E-state index contributed by atoms with van der Waals surface area (Å²) in [6.45, 7) is 2.32. The van der Waals surface area contributed by atoms with E-state index in [2.05, 4.69) is 9.97 Å². The Labute approximate surface area is 76.2 Å². The monoisotopic (exact) mass is 182 g/mol. The molecule has 0 aromatic carbocycles. The molecule has 0 saturated carbocycles. The first-order valence-electron chi connectivity index (χ1n) is 4.26. The molecule has 1 rings (SSSR count). The molecular formula is C8H14N4O. The Morgan fingerprint density at radius 3 is 2.69 bits per heavy atom. The van der Waals surface area contributed by atoms with Gasteiger partial charge in [0.1, 0.15) is 11.6 Å². The number of anilines is 1. The SMILES string of the molecule is CCc1c(N)nc(CCN)[nH]c1=O. The second-order valence-electron chi connectivity index (χ2n) is 2.77. The highest BCUT2D eigenvalue weighted by molar-refractivity contribution is 5.37. The fraction of sp³-hybridized carbons (Fsp3) is 0.500. The van der Waals surface area contributed by atoms with E-state index in [9.17, 15) is 4.79 Å². The van der Waals surface area contributed by atoms with Gasteiger partial charge in [-0.05, 0) is 13.0 Å². The van der Waals surface area contributed by atoms with Crippen molar-refractivity contribution in [1.29, 1.82) is 0 Å². The van der Waals surface area contributed by atoms with Crippen LogP contribution in [-0.2, 0) is 12.8 Å². The molecule has 1 heterocycles. The van der Waals surface area contributed by atoms with Crippen LogP contribution in [-0.4, -0.2) is 16.5 Å². The van der Waals surface area contributed by atoms with Gasteiger partial charge in [-0.1, -0.05) is 6.92 Å². The first-order chi connectivity index (χ1) is 6.19. The maximum Gasteiger partial charge on any atom is 0.256 e. The van der Waals surface area contributed by atoms with Crippen molar-refractivity contribution in [2.75, 3.05) is 12.3 Å². The molecule has 13 heavy (non-hydrogen) atoms. The largest absolute Gasteiger partial charge is 0.383 e. The van der Waals surface area contributed by atoms with Crippen molar-refractivity contribution in [3.63, 3.8) is 0 Å². The summed E-state index contributed by atoms with van der Waals surface area (Å²) in [7, 11) is 0. The van der Waals surface area contributed by atoms with Crippen molar-refractivity contribution < 1.29 is 0 Å². The fourth-order valence-electron chi connectivity index (χ4n) is 1.16. The van der Waals surface area contributed by atoms with Crippen LogP contribution in [0.4, 0.5) is 5.82 Å². The van der Waals surface area contributed by atoms with E-state index < -0.39 is 0 Å². The van der Waals surface area contributed by atoms with Gasteiger partial charge in [-0.3, -0.25) is 4.79 Å². The summed E-state index contributed by atoms with van der Waals surface area (Å²) < 4.78 is 0. The van der Waals surface area contributed by atoms with E-state index in [0.29, 0.717) is 36.6 Å². The van der Waals surface area contributed by atoms with E-state index in [-0.39, 0.29) is 5.56 Å². The van der Waals surface area contributed by atoms with E-state index >= 15 is 0 Å². The summed E-state index contributed by atoms with van der Waals surface area (Å²) in [5.74, 6) is 0.872. The third kappa shape index (κ3) is 2.06. The summed E-state index contributed by atoms with van der Waals surface area (Å²) in [5, 5.41) is 0. The van der Waals surface area contributed by atoms with Crippen LogP contribution in [0.25, 0.3) is 0 Å². The number of aromatic nitrogens is 2. The topological polar surface area (TPSA) is 97.8 Å². The molecule has 5 nitrogen and oxygen atoms in total. The van der Waals surface area contributed by atoms with Gasteiger partial charge in [-0.25, -0.2) is 4.98 Å². The zero-order chi connectivity index (χ0) is 9.84. The van der Waals surface area contributed by atoms with Gasteiger partial charge in [-0.2, -0.15) is 0 Å². The summed E-state index contributed by atoms with van der Waals surface area (Å²) in [5.41, 5.74) is 11.3. The second kappa shape index (κ2) is 4.04. The van der Waals surface area contributed by atoms with Gasteiger partial charge in [0.25, 0.3) is 5.56 Å². The van der Waals surface area contributed by atoms with Crippen molar-refractivity contribution >= 4 is 5.82 Å². The highest BCUT2D eigenvalue weighted by Gasteiger charge is 2.05. The van der Waals surface area contributed by atoms with Crippen molar-refractivity contribution in [2.45, 2.75) is 19.8 Å². The first-order valence-corrected chi connectivity index (χ1v) is 4.26. The zero-order valence-electron chi connectivity index (χ0n) is 7.63. The van der Waals surface area contributed by atoms with E-state index in [1.165, 1.54) is 0 Å². The molecule has 0 aliphatic heterocycles. The van der Waals surface area contributed by atoms with Crippen LogP contribution in [0.2, 0.25) is 0 Å². The van der Waals surface area contributed by atoms with Crippen LogP contribution in [0.15, 0.2) is 4.79 Å². The molecule has 0 unspecified atom stereocenters. The van der Waals surface area contributed by atoms with Gasteiger partial charge in [-0.15, -0.1) is 0 Å². The van der Waals surface area contributed by atoms with Gasteiger partial charge in [0, 0.05) is 6.42 Å². The van der Waals surface area contributed by atoms with Gasteiger partial charge >= 0.3 is 0 Å². The molecule has 0 amide bonds. The number of hydrogen-bond acceptors (Lipinski definition) is 4. The maximum absolute atomic E-state index is 11.4. The van der Waals surface area contributed by atoms with Crippen molar-refractivity contribution in [3.05, 3.63) is 21.7 Å². The van der Waals surface area contributed by atoms with Crippen molar-refractivity contribution in [3.8, 4) is 0 Å². The Morgan fingerprint density at radius 1 is 1.54 bits per heavy atom. The van der Waals surface area contributed by atoms with Crippen molar-refractivity contribution in [1.82, 2.24) is 9.97 Å². The van der Waals surface area contributed by atoms with Gasteiger partial charge < -0.3 is 16.5 Å². The average molecular weight is 182 g/mol. The molecule has 1 aromatic rings. The maximum atomic E-state index is 11.4. The lowest BCUT2D eigenvalue weighted by Crippen LogP contribution is -2.20. The lowest BCUT2D eigenvalue weighted by molar-refractivity contribution is 0.846. The Balaban J connectivity index is 3.13. The number of nitrogen functional groups attached to an aromatic ring is 1. The minimum absolute atomic E-state index is 0.154. The predicted octanol–water partition coefficient (Wildman–Crippen LogP) is -0.584. The molecule has 5 heteroatoms. The summed E-state index contributed by atoms with van der Waals surface area (Å²) >= 11 is 0. The highest BCUT2D eigenvalue weighted by Crippen LogP contribution is 2.02. The smallest absolute Gasteiger partial charge is 0.256 e. The van der Waals surface area contributed by atoms with Crippen LogP contribution in [0.5, 0.6) is 0 Å². The molecule has 0 spiro atoms. The van der Waals surface area contributed by atoms with E-state index in [4.69, 9.17) is 11.5 Å². The quantitative estimate of drug-likeness (QED) is 0.582. The normalized spacial score (nSPS) is 10.3. The van der Waals surface area contributed by atoms with Crippen LogP contribution in [0, 0.1) is 0 Å². The van der Waals surface area contributed by atoms with Gasteiger partial charge in [0.15, 0.2) is 0 Å². The van der Waals surface area contributed by atoms with Gasteiger partial charge in [0.2, 0.25) is 0 Å². The van der Waals surface area contributed by atoms with E-state index in [0.717, 1.165) is 0 Å². The highest BCUT2D eigenvalue weighted by atomic mass is 16.1. The summed E-state index contributed by atoms with van der Waals surface area (Å²) in [6, 6.07) is 0. The molecule has 0 radical (unpaired) electrons. The molecule has 0 aliphatic rings. The average Bonchev–Trinajstić information content (AvgIpc) is 2.04.